The smallest absolute Gasteiger partial charge is 0.119 e. The Hall–Kier alpha value is -2.47. The van der Waals surface area contributed by atoms with Crippen LogP contribution in [0.3, 0.4) is 0 Å². The van der Waals surface area contributed by atoms with E-state index in [1.54, 1.807) is 6.07 Å². The lowest BCUT2D eigenvalue weighted by molar-refractivity contribution is 0.242. The van der Waals surface area contributed by atoms with Crippen molar-refractivity contribution in [2.75, 3.05) is 5.32 Å². The van der Waals surface area contributed by atoms with E-state index in [2.05, 4.69) is 11.4 Å². The molecule has 96 valence electrons. The van der Waals surface area contributed by atoms with Crippen molar-refractivity contribution in [1.82, 2.24) is 0 Å². The normalized spacial score (nSPS) is 10.0. The Labute approximate surface area is 113 Å². The van der Waals surface area contributed by atoms with Gasteiger partial charge in [-0.2, -0.15) is 5.26 Å². The minimum atomic E-state index is 0.165. The van der Waals surface area contributed by atoms with Gasteiger partial charge >= 0.3 is 0 Å². The zero-order valence-electron chi connectivity index (χ0n) is 11.1. The number of rotatable bonds is 4. The monoisotopic (exact) mass is 252 g/mol. The molecule has 2 aromatic rings. The second kappa shape index (κ2) is 5.92. The second-order valence-electron chi connectivity index (χ2n) is 4.47. The van der Waals surface area contributed by atoms with Gasteiger partial charge in [-0.15, -0.1) is 0 Å². The minimum absolute atomic E-state index is 0.165. The van der Waals surface area contributed by atoms with Crippen molar-refractivity contribution in [3.8, 4) is 11.8 Å². The molecule has 3 heteroatoms. The fourth-order valence-electron chi connectivity index (χ4n) is 1.73. The summed E-state index contributed by atoms with van der Waals surface area (Å²) in [6.07, 6.45) is 0.165. The third kappa shape index (κ3) is 3.49. The Morgan fingerprint density at radius 3 is 2.37 bits per heavy atom. The molecule has 0 heterocycles. The molecule has 19 heavy (non-hydrogen) atoms. The van der Waals surface area contributed by atoms with Crippen LogP contribution in [0, 0.1) is 11.3 Å². The Kier molecular flexibility index (Phi) is 4.04. The molecule has 0 aliphatic rings. The summed E-state index contributed by atoms with van der Waals surface area (Å²) in [5.41, 5.74) is 2.37. The van der Waals surface area contributed by atoms with E-state index in [4.69, 9.17) is 10.00 Å². The number of hydrogen-bond acceptors (Lipinski definition) is 3. The lowest BCUT2D eigenvalue weighted by atomic mass is 10.2. The first kappa shape index (κ1) is 13.0. The van der Waals surface area contributed by atoms with Gasteiger partial charge in [-0.05, 0) is 50.2 Å². The Balaban J connectivity index is 2.13. The highest BCUT2D eigenvalue weighted by Crippen LogP contribution is 2.22. The van der Waals surface area contributed by atoms with Crippen LogP contribution in [0.15, 0.2) is 48.5 Å². The molecule has 0 amide bonds. The largest absolute Gasteiger partial charge is 0.491 e. The maximum atomic E-state index is 9.03. The molecule has 0 fully saturated rings. The highest BCUT2D eigenvalue weighted by Gasteiger charge is 2.02. The van der Waals surface area contributed by atoms with Crippen LogP contribution in [0.4, 0.5) is 11.4 Å². The summed E-state index contributed by atoms with van der Waals surface area (Å²) in [4.78, 5) is 0. The van der Waals surface area contributed by atoms with Crippen molar-refractivity contribution < 1.29 is 4.74 Å². The van der Waals surface area contributed by atoms with Gasteiger partial charge < -0.3 is 10.1 Å². The standard InChI is InChI=1S/C16H16N2O/c1-12(2)19-15-9-7-14(8-10-15)18-16-6-4-3-5-13(16)11-17/h3-10,12,18H,1-2H3. The average Bonchev–Trinajstić information content (AvgIpc) is 2.41. The van der Waals surface area contributed by atoms with E-state index < -0.39 is 0 Å². The van der Waals surface area contributed by atoms with Crippen molar-refractivity contribution in [3.05, 3.63) is 54.1 Å². The number of nitrogens with zero attached hydrogens (tertiary/aromatic N) is 1. The first-order valence-electron chi connectivity index (χ1n) is 6.22. The van der Waals surface area contributed by atoms with Gasteiger partial charge in [0, 0.05) is 5.69 Å². The van der Waals surface area contributed by atoms with Crippen LogP contribution in [-0.2, 0) is 0 Å². The number of para-hydroxylation sites is 1. The molecular formula is C16H16N2O. The lowest BCUT2D eigenvalue weighted by Gasteiger charge is -2.11. The third-order valence-electron chi connectivity index (χ3n) is 2.55. The van der Waals surface area contributed by atoms with Crippen molar-refractivity contribution in [3.63, 3.8) is 0 Å². The van der Waals surface area contributed by atoms with Crippen LogP contribution >= 0.6 is 0 Å². The molecule has 2 rings (SSSR count). The molecule has 0 aliphatic heterocycles. The summed E-state index contributed by atoms with van der Waals surface area (Å²) in [6.45, 7) is 3.99. The van der Waals surface area contributed by atoms with Gasteiger partial charge in [0.2, 0.25) is 0 Å². The van der Waals surface area contributed by atoms with Crippen molar-refractivity contribution in [2.45, 2.75) is 20.0 Å². The first-order chi connectivity index (χ1) is 9.19. The number of nitrogens with one attached hydrogen (secondary N) is 1. The van der Waals surface area contributed by atoms with Crippen LogP contribution in [0.25, 0.3) is 0 Å². The Morgan fingerprint density at radius 2 is 1.74 bits per heavy atom. The van der Waals surface area contributed by atoms with Gasteiger partial charge in [-0.3, -0.25) is 0 Å². The second-order valence-corrected chi connectivity index (χ2v) is 4.47. The molecule has 0 aliphatic carbocycles. The van der Waals surface area contributed by atoms with Gasteiger partial charge in [-0.25, -0.2) is 0 Å². The molecule has 0 saturated heterocycles. The fourth-order valence-corrected chi connectivity index (χ4v) is 1.73. The highest BCUT2D eigenvalue weighted by atomic mass is 16.5. The predicted octanol–water partition coefficient (Wildman–Crippen LogP) is 4.09. The van der Waals surface area contributed by atoms with Gasteiger partial charge in [-0.1, -0.05) is 12.1 Å². The molecular weight excluding hydrogens is 236 g/mol. The van der Waals surface area contributed by atoms with Crippen molar-refractivity contribution >= 4 is 11.4 Å². The third-order valence-corrected chi connectivity index (χ3v) is 2.55. The molecule has 0 aromatic heterocycles. The summed E-state index contributed by atoms with van der Waals surface area (Å²) in [5, 5.41) is 12.3. The summed E-state index contributed by atoms with van der Waals surface area (Å²) >= 11 is 0. The number of ether oxygens (including phenoxy) is 1. The SMILES string of the molecule is CC(C)Oc1ccc(Nc2ccccc2C#N)cc1. The van der Waals surface area contributed by atoms with E-state index in [1.165, 1.54) is 0 Å². The van der Waals surface area contributed by atoms with Crippen LogP contribution < -0.4 is 10.1 Å². The number of anilines is 2. The predicted molar refractivity (Wildman–Crippen MR) is 76.6 cm³/mol. The lowest BCUT2D eigenvalue weighted by Crippen LogP contribution is -2.05. The average molecular weight is 252 g/mol. The topological polar surface area (TPSA) is 45.0 Å². The molecule has 0 radical (unpaired) electrons. The summed E-state index contributed by atoms with van der Waals surface area (Å²) in [6, 6.07) is 17.3. The van der Waals surface area contributed by atoms with Crippen molar-refractivity contribution in [2.24, 2.45) is 0 Å². The molecule has 0 spiro atoms. The van der Waals surface area contributed by atoms with Gasteiger partial charge in [0.1, 0.15) is 11.8 Å². The minimum Gasteiger partial charge on any atom is -0.491 e. The number of nitriles is 1. The van der Waals surface area contributed by atoms with E-state index in [9.17, 15) is 0 Å². The number of hydrogen-bond donors (Lipinski definition) is 1. The Morgan fingerprint density at radius 1 is 1.05 bits per heavy atom. The summed E-state index contributed by atoms with van der Waals surface area (Å²) < 4.78 is 5.58. The van der Waals surface area contributed by atoms with Gasteiger partial charge in [0.25, 0.3) is 0 Å². The quantitative estimate of drug-likeness (QED) is 0.891. The van der Waals surface area contributed by atoms with Gasteiger partial charge in [0.05, 0.1) is 17.4 Å². The van der Waals surface area contributed by atoms with Crippen LogP contribution in [-0.4, -0.2) is 6.10 Å². The van der Waals surface area contributed by atoms with Crippen LogP contribution in [0.2, 0.25) is 0 Å². The van der Waals surface area contributed by atoms with E-state index in [0.29, 0.717) is 5.56 Å². The molecule has 0 unspecified atom stereocenters. The first-order valence-corrected chi connectivity index (χ1v) is 6.22. The maximum Gasteiger partial charge on any atom is 0.119 e. The highest BCUT2D eigenvalue weighted by molar-refractivity contribution is 5.66. The molecule has 0 bridgehead atoms. The van der Waals surface area contributed by atoms with E-state index in [-0.39, 0.29) is 6.10 Å². The van der Waals surface area contributed by atoms with Gasteiger partial charge in [0.15, 0.2) is 0 Å². The zero-order chi connectivity index (χ0) is 13.7. The molecule has 3 nitrogen and oxygen atoms in total. The molecule has 1 N–H and O–H groups in total. The summed E-state index contributed by atoms with van der Waals surface area (Å²) in [5.74, 6) is 0.842. The van der Waals surface area contributed by atoms with Crippen LogP contribution in [0.1, 0.15) is 19.4 Å². The van der Waals surface area contributed by atoms with E-state index in [0.717, 1.165) is 17.1 Å². The number of benzene rings is 2. The van der Waals surface area contributed by atoms with Crippen LogP contribution in [0.5, 0.6) is 5.75 Å². The fraction of sp³-hybridized carbons (Fsp3) is 0.188. The summed E-state index contributed by atoms with van der Waals surface area (Å²) in [7, 11) is 0. The molecule has 2 aromatic carbocycles. The molecule has 0 atom stereocenters. The zero-order valence-corrected chi connectivity index (χ0v) is 11.1. The van der Waals surface area contributed by atoms with Crippen molar-refractivity contribution in [1.29, 1.82) is 5.26 Å². The van der Waals surface area contributed by atoms with E-state index >= 15 is 0 Å². The maximum absolute atomic E-state index is 9.03. The Bertz CT molecular complexity index is 582. The van der Waals surface area contributed by atoms with E-state index in [1.807, 2.05) is 56.3 Å². The molecule has 0 saturated carbocycles.